The van der Waals surface area contributed by atoms with Crippen LogP contribution in [0.1, 0.15) is 26.3 Å². The van der Waals surface area contributed by atoms with Gasteiger partial charge >= 0.3 is 0 Å². The van der Waals surface area contributed by atoms with Gasteiger partial charge in [0.05, 0.1) is 16.3 Å². The van der Waals surface area contributed by atoms with Crippen LogP contribution in [0.4, 0.5) is 15.8 Å². The lowest BCUT2D eigenvalue weighted by molar-refractivity contribution is 0.587. The number of anilines is 2. The van der Waals surface area contributed by atoms with E-state index in [9.17, 15) is 12.8 Å². The minimum Gasteiger partial charge on any atom is -0.397 e. The van der Waals surface area contributed by atoms with E-state index in [1.807, 2.05) is 20.8 Å². The van der Waals surface area contributed by atoms with Crippen molar-refractivity contribution in [1.29, 1.82) is 0 Å². The molecule has 2 rings (SSSR count). The molecule has 0 unspecified atom stereocenters. The number of rotatable bonds is 3. The van der Waals surface area contributed by atoms with Crippen molar-refractivity contribution >= 4 is 21.4 Å². The third kappa shape index (κ3) is 3.57. The normalized spacial score (nSPS) is 12.2. The van der Waals surface area contributed by atoms with E-state index in [4.69, 9.17) is 5.73 Å². The van der Waals surface area contributed by atoms with Gasteiger partial charge in [0.1, 0.15) is 5.82 Å². The van der Waals surface area contributed by atoms with E-state index >= 15 is 0 Å². The molecule has 0 fully saturated rings. The summed E-state index contributed by atoms with van der Waals surface area (Å²) in [5.74, 6) is -0.560. The lowest BCUT2D eigenvalue weighted by Gasteiger charge is -2.19. The molecule has 2 aromatic carbocycles. The van der Waals surface area contributed by atoms with E-state index in [1.165, 1.54) is 24.3 Å². The van der Waals surface area contributed by atoms with Crippen LogP contribution in [0.3, 0.4) is 0 Å². The Kier molecular flexibility index (Phi) is 4.15. The summed E-state index contributed by atoms with van der Waals surface area (Å²) in [5.41, 5.74) is 6.81. The van der Waals surface area contributed by atoms with E-state index < -0.39 is 15.8 Å². The van der Waals surface area contributed by atoms with Crippen LogP contribution in [0.2, 0.25) is 0 Å². The Labute approximate surface area is 130 Å². The number of nitrogens with two attached hydrogens (primary N) is 1. The Morgan fingerprint density at radius 1 is 1.05 bits per heavy atom. The third-order valence-corrected chi connectivity index (χ3v) is 4.67. The van der Waals surface area contributed by atoms with Gasteiger partial charge in [-0.3, -0.25) is 4.72 Å². The number of nitrogen functional groups attached to an aromatic ring is 1. The summed E-state index contributed by atoms with van der Waals surface area (Å²) in [6, 6.07) is 10.1. The molecule has 22 heavy (non-hydrogen) atoms. The molecule has 0 saturated heterocycles. The summed E-state index contributed by atoms with van der Waals surface area (Å²) in [6.07, 6.45) is 0. The molecule has 0 aliphatic heterocycles. The quantitative estimate of drug-likeness (QED) is 0.849. The van der Waals surface area contributed by atoms with Crippen LogP contribution < -0.4 is 10.5 Å². The maximum absolute atomic E-state index is 13.2. The second-order valence-electron chi connectivity index (χ2n) is 6.11. The van der Waals surface area contributed by atoms with Gasteiger partial charge in [0, 0.05) is 6.07 Å². The zero-order chi connectivity index (χ0) is 16.5. The molecule has 0 atom stereocenters. The zero-order valence-electron chi connectivity index (χ0n) is 12.7. The van der Waals surface area contributed by atoms with Gasteiger partial charge in [-0.05, 0) is 35.2 Å². The lowest BCUT2D eigenvalue weighted by Crippen LogP contribution is -2.15. The molecule has 0 saturated carbocycles. The van der Waals surface area contributed by atoms with Gasteiger partial charge in [0.25, 0.3) is 10.0 Å². The topological polar surface area (TPSA) is 72.2 Å². The Hall–Kier alpha value is -2.08. The van der Waals surface area contributed by atoms with Crippen LogP contribution in [-0.4, -0.2) is 8.42 Å². The van der Waals surface area contributed by atoms with Crippen molar-refractivity contribution < 1.29 is 12.8 Å². The van der Waals surface area contributed by atoms with Crippen molar-refractivity contribution in [3.8, 4) is 0 Å². The molecule has 4 nitrogen and oxygen atoms in total. The number of benzene rings is 2. The highest BCUT2D eigenvalue weighted by Crippen LogP contribution is 2.26. The molecule has 0 heterocycles. The van der Waals surface area contributed by atoms with Crippen LogP contribution in [0, 0.1) is 5.82 Å². The van der Waals surface area contributed by atoms with Crippen molar-refractivity contribution in [2.24, 2.45) is 0 Å². The van der Waals surface area contributed by atoms with E-state index in [0.29, 0.717) is 0 Å². The largest absolute Gasteiger partial charge is 0.397 e. The minimum atomic E-state index is -3.81. The molecule has 0 amide bonds. The summed E-state index contributed by atoms with van der Waals surface area (Å²) in [6.45, 7) is 6.13. The van der Waals surface area contributed by atoms with Crippen molar-refractivity contribution in [2.75, 3.05) is 10.5 Å². The van der Waals surface area contributed by atoms with Crippen molar-refractivity contribution in [2.45, 2.75) is 31.1 Å². The number of sulfonamides is 1. The molecule has 6 heteroatoms. The van der Waals surface area contributed by atoms with E-state index in [0.717, 1.165) is 11.6 Å². The number of nitrogens with one attached hydrogen (secondary N) is 1. The van der Waals surface area contributed by atoms with Crippen LogP contribution in [0.25, 0.3) is 0 Å². The number of halogens is 1. The van der Waals surface area contributed by atoms with E-state index in [-0.39, 0.29) is 21.7 Å². The molecule has 2 aromatic rings. The predicted molar refractivity (Wildman–Crippen MR) is 86.8 cm³/mol. The van der Waals surface area contributed by atoms with Gasteiger partial charge in [-0.2, -0.15) is 0 Å². The Bertz CT molecular complexity index is 779. The average molecular weight is 322 g/mol. The van der Waals surface area contributed by atoms with Gasteiger partial charge in [-0.1, -0.05) is 32.9 Å². The Morgan fingerprint density at radius 2 is 1.64 bits per heavy atom. The van der Waals surface area contributed by atoms with Gasteiger partial charge in [-0.25, -0.2) is 12.8 Å². The highest BCUT2D eigenvalue weighted by Gasteiger charge is 2.18. The van der Waals surface area contributed by atoms with Crippen LogP contribution in [-0.2, 0) is 15.4 Å². The fourth-order valence-corrected chi connectivity index (χ4v) is 3.03. The highest BCUT2D eigenvalue weighted by molar-refractivity contribution is 7.92. The molecule has 118 valence electrons. The van der Waals surface area contributed by atoms with E-state index in [2.05, 4.69) is 4.72 Å². The summed E-state index contributed by atoms with van der Waals surface area (Å²) in [4.78, 5) is 0.101. The number of hydrogen-bond donors (Lipinski definition) is 2. The molecule has 0 bridgehead atoms. The van der Waals surface area contributed by atoms with Crippen LogP contribution >= 0.6 is 0 Å². The average Bonchev–Trinajstić information content (AvgIpc) is 2.42. The highest BCUT2D eigenvalue weighted by atomic mass is 32.2. The molecular formula is C16H19FN2O2S. The second-order valence-corrected chi connectivity index (χ2v) is 7.79. The molecule has 0 radical (unpaired) electrons. The maximum atomic E-state index is 13.2. The van der Waals surface area contributed by atoms with E-state index in [1.54, 1.807) is 12.1 Å². The predicted octanol–water partition coefficient (Wildman–Crippen LogP) is 3.51. The van der Waals surface area contributed by atoms with Crippen LogP contribution in [0.15, 0.2) is 47.4 Å². The fourth-order valence-electron chi connectivity index (χ4n) is 1.95. The zero-order valence-corrected chi connectivity index (χ0v) is 13.5. The third-order valence-electron chi connectivity index (χ3n) is 3.29. The first kappa shape index (κ1) is 16.3. The van der Waals surface area contributed by atoms with Gasteiger partial charge in [0.15, 0.2) is 0 Å². The number of hydrogen-bond acceptors (Lipinski definition) is 3. The smallest absolute Gasteiger partial charge is 0.261 e. The summed E-state index contributed by atoms with van der Waals surface area (Å²) >= 11 is 0. The lowest BCUT2D eigenvalue weighted by atomic mass is 9.87. The SMILES string of the molecule is CC(C)(C)c1ccc(S(=O)(=O)Nc2cc(F)ccc2N)cc1. The monoisotopic (exact) mass is 322 g/mol. The summed E-state index contributed by atoms with van der Waals surface area (Å²) in [7, 11) is -3.81. The van der Waals surface area contributed by atoms with Crippen molar-refractivity contribution in [3.63, 3.8) is 0 Å². The minimum absolute atomic E-state index is 0.0277. The molecule has 0 aliphatic rings. The molecule has 0 aliphatic carbocycles. The maximum Gasteiger partial charge on any atom is 0.261 e. The van der Waals surface area contributed by atoms with Crippen molar-refractivity contribution in [3.05, 3.63) is 53.8 Å². The molecule has 0 aromatic heterocycles. The van der Waals surface area contributed by atoms with Crippen LogP contribution in [0.5, 0.6) is 0 Å². The second kappa shape index (κ2) is 5.61. The van der Waals surface area contributed by atoms with Gasteiger partial charge < -0.3 is 5.73 Å². The fraction of sp³-hybridized carbons (Fsp3) is 0.250. The molecule has 3 N–H and O–H groups in total. The first-order valence-corrected chi connectivity index (χ1v) is 8.26. The first-order valence-electron chi connectivity index (χ1n) is 6.78. The Morgan fingerprint density at radius 3 is 2.18 bits per heavy atom. The summed E-state index contributed by atoms with van der Waals surface area (Å²) in [5, 5.41) is 0. The van der Waals surface area contributed by atoms with Crippen molar-refractivity contribution in [1.82, 2.24) is 0 Å². The molecular weight excluding hydrogens is 303 g/mol. The Balaban J connectivity index is 2.33. The standard InChI is InChI=1S/C16H19FN2O2S/c1-16(2,3)11-4-7-13(8-5-11)22(20,21)19-15-10-12(17)6-9-14(15)18/h4-10,19H,18H2,1-3H3. The van der Waals surface area contributed by atoms with Gasteiger partial charge in [0.2, 0.25) is 0 Å². The summed E-state index contributed by atoms with van der Waals surface area (Å²) < 4.78 is 40.2. The first-order chi connectivity index (χ1) is 10.1. The molecule has 0 spiro atoms. The van der Waals surface area contributed by atoms with Gasteiger partial charge in [-0.15, -0.1) is 0 Å².